The first-order valence-electron chi connectivity index (χ1n) is 5.83. The number of furan rings is 1. The Balaban J connectivity index is 2.37. The van der Waals surface area contributed by atoms with Gasteiger partial charge in [0.1, 0.15) is 5.58 Å². The molecule has 1 aromatic heterocycles. The molecule has 2 aromatic carbocycles. The third-order valence-corrected chi connectivity index (χ3v) is 3.22. The van der Waals surface area contributed by atoms with E-state index in [0.29, 0.717) is 0 Å². The molecule has 0 N–H and O–H groups in total. The highest BCUT2D eigenvalue weighted by molar-refractivity contribution is 6.11. The van der Waals surface area contributed by atoms with E-state index in [2.05, 4.69) is 0 Å². The lowest BCUT2D eigenvalue weighted by atomic mass is 10.1. The lowest BCUT2D eigenvalue weighted by Crippen LogP contribution is -2.22. The number of nitrogens with zero attached hydrogens (tertiary/aromatic N) is 1. The van der Waals surface area contributed by atoms with Crippen LogP contribution in [-0.4, -0.2) is 13.0 Å². The maximum atomic E-state index is 11.5. The molecule has 0 saturated heterocycles. The number of anilines is 1. The fourth-order valence-electron chi connectivity index (χ4n) is 2.17. The highest BCUT2D eigenvalue weighted by Crippen LogP contribution is 2.34. The summed E-state index contributed by atoms with van der Waals surface area (Å²) in [7, 11) is 1.75. The fourth-order valence-corrected chi connectivity index (χ4v) is 2.17. The molecule has 3 heteroatoms. The van der Waals surface area contributed by atoms with E-state index in [1.807, 2.05) is 42.5 Å². The Morgan fingerprint density at radius 2 is 1.78 bits per heavy atom. The molecule has 0 fully saturated rings. The van der Waals surface area contributed by atoms with Crippen LogP contribution in [0, 0.1) is 0 Å². The predicted molar refractivity (Wildman–Crippen MR) is 72.8 cm³/mol. The van der Waals surface area contributed by atoms with Crippen LogP contribution in [0.2, 0.25) is 0 Å². The van der Waals surface area contributed by atoms with Gasteiger partial charge in [0.2, 0.25) is 5.91 Å². The van der Waals surface area contributed by atoms with Crippen LogP contribution < -0.4 is 4.90 Å². The van der Waals surface area contributed by atoms with Crippen LogP contribution in [0.3, 0.4) is 0 Å². The van der Waals surface area contributed by atoms with E-state index in [-0.39, 0.29) is 5.91 Å². The van der Waals surface area contributed by atoms with Gasteiger partial charge in [-0.25, -0.2) is 0 Å². The Morgan fingerprint density at radius 3 is 2.56 bits per heavy atom. The van der Waals surface area contributed by atoms with E-state index in [0.717, 1.165) is 27.6 Å². The van der Waals surface area contributed by atoms with E-state index < -0.39 is 0 Å². The molecule has 1 heterocycles. The van der Waals surface area contributed by atoms with Crippen molar-refractivity contribution in [2.45, 2.75) is 6.92 Å². The van der Waals surface area contributed by atoms with E-state index in [1.165, 1.54) is 0 Å². The first kappa shape index (κ1) is 10.8. The van der Waals surface area contributed by atoms with Crippen molar-refractivity contribution in [1.82, 2.24) is 0 Å². The minimum absolute atomic E-state index is 0.0112. The van der Waals surface area contributed by atoms with Crippen LogP contribution in [0.15, 0.2) is 46.9 Å². The number of hydrogen-bond donors (Lipinski definition) is 0. The third kappa shape index (κ3) is 1.48. The van der Waals surface area contributed by atoms with Gasteiger partial charge >= 0.3 is 0 Å². The fraction of sp³-hybridized carbons (Fsp3) is 0.133. The van der Waals surface area contributed by atoms with Crippen molar-refractivity contribution in [3.8, 4) is 0 Å². The second kappa shape index (κ2) is 3.88. The number of rotatable bonds is 1. The molecule has 18 heavy (non-hydrogen) atoms. The zero-order valence-corrected chi connectivity index (χ0v) is 10.3. The lowest BCUT2D eigenvalue weighted by molar-refractivity contribution is -0.116. The van der Waals surface area contributed by atoms with Crippen molar-refractivity contribution in [3.63, 3.8) is 0 Å². The lowest BCUT2D eigenvalue weighted by Gasteiger charge is -2.14. The van der Waals surface area contributed by atoms with Crippen LogP contribution >= 0.6 is 0 Å². The Labute approximate surface area is 105 Å². The summed E-state index contributed by atoms with van der Waals surface area (Å²) in [6.07, 6.45) is 0. The monoisotopic (exact) mass is 239 g/mol. The Bertz CT molecular complexity index is 742. The molecule has 3 nitrogen and oxygen atoms in total. The van der Waals surface area contributed by atoms with E-state index in [9.17, 15) is 4.79 Å². The largest absolute Gasteiger partial charge is 0.454 e. The molecule has 0 spiro atoms. The maximum absolute atomic E-state index is 11.5. The molecular weight excluding hydrogens is 226 g/mol. The number of carbonyl (C=O) groups is 1. The SMILES string of the molecule is CC(=O)N(C)c1cccc2c1oc1ccccc12. The number of amides is 1. The molecule has 3 rings (SSSR count). The summed E-state index contributed by atoms with van der Waals surface area (Å²) in [4.78, 5) is 13.1. The summed E-state index contributed by atoms with van der Waals surface area (Å²) >= 11 is 0. The van der Waals surface area contributed by atoms with Crippen molar-refractivity contribution in [2.24, 2.45) is 0 Å². The van der Waals surface area contributed by atoms with Crippen molar-refractivity contribution in [3.05, 3.63) is 42.5 Å². The average molecular weight is 239 g/mol. The molecule has 0 aliphatic rings. The standard InChI is InChI=1S/C15H13NO2/c1-10(17)16(2)13-8-5-7-12-11-6-3-4-9-14(11)18-15(12)13/h3-9H,1-2H3. The van der Waals surface area contributed by atoms with E-state index in [4.69, 9.17) is 4.42 Å². The molecule has 0 bridgehead atoms. The second-order valence-corrected chi connectivity index (χ2v) is 4.33. The quantitative estimate of drug-likeness (QED) is 0.650. The molecular formula is C15H13NO2. The second-order valence-electron chi connectivity index (χ2n) is 4.33. The highest BCUT2D eigenvalue weighted by Gasteiger charge is 2.14. The molecule has 0 aliphatic carbocycles. The van der Waals surface area contributed by atoms with Gasteiger partial charge in [0.15, 0.2) is 5.58 Å². The van der Waals surface area contributed by atoms with Crippen LogP contribution in [0.4, 0.5) is 5.69 Å². The zero-order valence-electron chi connectivity index (χ0n) is 10.3. The third-order valence-electron chi connectivity index (χ3n) is 3.22. The summed E-state index contributed by atoms with van der Waals surface area (Å²) < 4.78 is 5.86. The summed E-state index contributed by atoms with van der Waals surface area (Å²) in [5, 5.41) is 2.11. The summed E-state index contributed by atoms with van der Waals surface area (Å²) in [5.74, 6) is -0.0112. The minimum Gasteiger partial charge on any atom is -0.454 e. The summed E-state index contributed by atoms with van der Waals surface area (Å²) in [5.41, 5.74) is 2.41. The molecule has 1 amide bonds. The van der Waals surface area contributed by atoms with Gasteiger partial charge in [-0.1, -0.05) is 30.3 Å². The number of benzene rings is 2. The van der Waals surface area contributed by atoms with Crippen LogP contribution in [0.25, 0.3) is 21.9 Å². The van der Waals surface area contributed by atoms with Gasteiger partial charge in [0.25, 0.3) is 0 Å². The average Bonchev–Trinajstić information content (AvgIpc) is 2.76. The normalized spacial score (nSPS) is 11.0. The van der Waals surface area contributed by atoms with Crippen LogP contribution in [-0.2, 0) is 4.79 Å². The molecule has 0 unspecified atom stereocenters. The van der Waals surface area contributed by atoms with Gasteiger partial charge in [-0.15, -0.1) is 0 Å². The maximum Gasteiger partial charge on any atom is 0.223 e. The molecule has 0 atom stereocenters. The molecule has 0 aliphatic heterocycles. The number of carbonyl (C=O) groups excluding carboxylic acids is 1. The van der Waals surface area contributed by atoms with E-state index >= 15 is 0 Å². The first-order chi connectivity index (χ1) is 8.68. The van der Waals surface area contributed by atoms with Gasteiger partial charge < -0.3 is 9.32 Å². The Hall–Kier alpha value is -2.29. The van der Waals surface area contributed by atoms with Gasteiger partial charge in [-0.05, 0) is 12.1 Å². The van der Waals surface area contributed by atoms with Gasteiger partial charge in [0, 0.05) is 24.7 Å². The number of para-hydroxylation sites is 2. The number of fused-ring (bicyclic) bond motifs is 3. The molecule has 3 aromatic rings. The van der Waals surface area contributed by atoms with Crippen molar-refractivity contribution in [1.29, 1.82) is 0 Å². The van der Waals surface area contributed by atoms with Gasteiger partial charge in [0.05, 0.1) is 5.69 Å². The minimum atomic E-state index is -0.0112. The Kier molecular flexibility index (Phi) is 2.33. The smallest absolute Gasteiger partial charge is 0.223 e. The predicted octanol–water partition coefficient (Wildman–Crippen LogP) is 3.57. The Morgan fingerprint density at radius 1 is 1.06 bits per heavy atom. The first-order valence-corrected chi connectivity index (χ1v) is 5.83. The van der Waals surface area contributed by atoms with E-state index in [1.54, 1.807) is 18.9 Å². The number of hydrogen-bond acceptors (Lipinski definition) is 2. The summed E-state index contributed by atoms with van der Waals surface area (Å²) in [6.45, 7) is 1.54. The topological polar surface area (TPSA) is 33.5 Å². The van der Waals surface area contributed by atoms with Crippen molar-refractivity contribution >= 4 is 33.5 Å². The highest BCUT2D eigenvalue weighted by atomic mass is 16.3. The molecule has 0 saturated carbocycles. The molecule has 0 radical (unpaired) electrons. The van der Waals surface area contributed by atoms with Gasteiger partial charge in [-0.3, -0.25) is 4.79 Å². The summed E-state index contributed by atoms with van der Waals surface area (Å²) in [6, 6.07) is 13.7. The van der Waals surface area contributed by atoms with Crippen molar-refractivity contribution < 1.29 is 9.21 Å². The van der Waals surface area contributed by atoms with Crippen LogP contribution in [0.1, 0.15) is 6.92 Å². The van der Waals surface area contributed by atoms with Crippen LogP contribution in [0.5, 0.6) is 0 Å². The van der Waals surface area contributed by atoms with Gasteiger partial charge in [-0.2, -0.15) is 0 Å². The van der Waals surface area contributed by atoms with Crippen molar-refractivity contribution in [2.75, 3.05) is 11.9 Å². The molecule has 90 valence electrons. The zero-order chi connectivity index (χ0) is 12.7.